The van der Waals surface area contributed by atoms with Crippen molar-refractivity contribution in [2.24, 2.45) is 0 Å². The van der Waals surface area contributed by atoms with Crippen molar-refractivity contribution in [3.05, 3.63) is 64.3 Å². The Bertz CT molecular complexity index is 1470. The molecular formula is C26H27N3O6. The van der Waals surface area contributed by atoms with Gasteiger partial charge in [-0.25, -0.2) is 4.98 Å². The summed E-state index contributed by atoms with van der Waals surface area (Å²) in [6.07, 6.45) is 0.925. The molecule has 0 bridgehead atoms. The molecule has 9 nitrogen and oxygen atoms in total. The van der Waals surface area contributed by atoms with E-state index in [2.05, 4.69) is 9.97 Å². The van der Waals surface area contributed by atoms with Crippen LogP contribution in [0.2, 0.25) is 0 Å². The maximum atomic E-state index is 13.0. The number of carbonyl (C=O) groups excluding carboxylic acids is 2. The van der Waals surface area contributed by atoms with Gasteiger partial charge in [-0.15, -0.1) is 0 Å². The van der Waals surface area contributed by atoms with Crippen molar-refractivity contribution in [2.45, 2.75) is 39.3 Å². The van der Waals surface area contributed by atoms with Crippen molar-refractivity contribution >= 4 is 33.6 Å². The van der Waals surface area contributed by atoms with E-state index in [-0.39, 0.29) is 24.3 Å². The second-order valence-electron chi connectivity index (χ2n) is 8.24. The van der Waals surface area contributed by atoms with Crippen LogP contribution in [0.4, 0.5) is 0 Å². The van der Waals surface area contributed by atoms with Crippen molar-refractivity contribution in [1.82, 2.24) is 14.5 Å². The van der Waals surface area contributed by atoms with E-state index < -0.39 is 12.1 Å². The predicted molar refractivity (Wildman–Crippen MR) is 131 cm³/mol. The number of nitrogens with zero attached hydrogens (tertiary/aromatic N) is 2. The van der Waals surface area contributed by atoms with E-state index in [4.69, 9.17) is 14.2 Å². The highest BCUT2D eigenvalue weighted by Gasteiger charge is 2.24. The third-order valence-electron chi connectivity index (χ3n) is 5.93. The summed E-state index contributed by atoms with van der Waals surface area (Å²) >= 11 is 0. The van der Waals surface area contributed by atoms with Crippen LogP contribution in [0.25, 0.3) is 21.8 Å². The molecule has 0 aliphatic rings. The minimum atomic E-state index is -0.923. The van der Waals surface area contributed by atoms with Crippen LogP contribution in [0, 0.1) is 6.92 Å². The summed E-state index contributed by atoms with van der Waals surface area (Å²) in [5.41, 5.74) is 2.36. The first-order valence-electron chi connectivity index (χ1n) is 11.3. The number of nitrogens with one attached hydrogen (secondary N) is 1. The summed E-state index contributed by atoms with van der Waals surface area (Å²) in [4.78, 5) is 45.7. The largest absolute Gasteiger partial charge is 0.493 e. The first kappa shape index (κ1) is 24.0. The number of Topliss-reactive ketones (excluding diaryl/α,β-unsaturated/α-hetero) is 1. The Morgan fingerprint density at radius 3 is 2.54 bits per heavy atom. The predicted octanol–water partition coefficient (Wildman–Crippen LogP) is 3.80. The topological polar surface area (TPSA) is 113 Å². The number of rotatable bonds is 9. The lowest BCUT2D eigenvalue weighted by Crippen LogP contribution is -2.25. The number of aryl methyl sites for hydroxylation is 2. The fourth-order valence-electron chi connectivity index (χ4n) is 4.15. The number of benzene rings is 2. The van der Waals surface area contributed by atoms with E-state index in [1.165, 1.54) is 25.1 Å². The summed E-state index contributed by atoms with van der Waals surface area (Å²) in [5.74, 6) is 0.160. The van der Waals surface area contributed by atoms with Gasteiger partial charge in [-0.3, -0.25) is 19.0 Å². The molecule has 1 unspecified atom stereocenters. The highest BCUT2D eigenvalue weighted by molar-refractivity contribution is 6.11. The second kappa shape index (κ2) is 10.0. The zero-order valence-corrected chi connectivity index (χ0v) is 20.1. The Kier molecular flexibility index (Phi) is 6.86. The van der Waals surface area contributed by atoms with Crippen LogP contribution in [-0.2, 0) is 16.1 Å². The molecule has 0 fully saturated rings. The standard InChI is InChI=1S/C26H27N3O6/c1-15-24(17-8-5-6-9-19(17)28-15)25(31)16(2)35-23(30)10-7-11-29-14-27-20-13-22(34-4)21(33-3)12-18(20)26(29)32/h5-6,8-9,12-14,16,28H,7,10-11H2,1-4H3. The number of esters is 1. The Labute approximate surface area is 201 Å². The van der Waals surface area contributed by atoms with E-state index in [0.29, 0.717) is 34.4 Å². The fourth-order valence-corrected chi connectivity index (χ4v) is 4.15. The number of aromatic amines is 1. The van der Waals surface area contributed by atoms with Gasteiger partial charge in [-0.2, -0.15) is 0 Å². The molecule has 2 aromatic heterocycles. The van der Waals surface area contributed by atoms with Gasteiger partial charge in [0.05, 0.1) is 31.4 Å². The second-order valence-corrected chi connectivity index (χ2v) is 8.24. The normalized spacial score (nSPS) is 12.0. The molecule has 4 rings (SSSR count). The average molecular weight is 478 g/mol. The van der Waals surface area contributed by atoms with E-state index in [0.717, 1.165) is 16.6 Å². The van der Waals surface area contributed by atoms with E-state index in [9.17, 15) is 14.4 Å². The van der Waals surface area contributed by atoms with Gasteiger partial charge >= 0.3 is 5.97 Å². The Morgan fingerprint density at radius 2 is 1.80 bits per heavy atom. The molecular weight excluding hydrogens is 450 g/mol. The van der Waals surface area contributed by atoms with Crippen LogP contribution >= 0.6 is 0 Å². The monoisotopic (exact) mass is 477 g/mol. The first-order valence-corrected chi connectivity index (χ1v) is 11.3. The summed E-state index contributed by atoms with van der Waals surface area (Å²) in [6.45, 7) is 3.67. The molecule has 0 saturated heterocycles. The number of fused-ring (bicyclic) bond motifs is 2. The molecule has 0 aliphatic carbocycles. The summed E-state index contributed by atoms with van der Waals surface area (Å²) in [5, 5.41) is 1.19. The number of ketones is 1. The minimum absolute atomic E-state index is 0.0564. The quantitative estimate of drug-likeness (QED) is 0.288. The molecule has 0 amide bonds. The van der Waals surface area contributed by atoms with Gasteiger partial charge in [-0.05, 0) is 32.4 Å². The zero-order valence-electron chi connectivity index (χ0n) is 20.1. The van der Waals surface area contributed by atoms with Gasteiger partial charge in [0, 0.05) is 41.2 Å². The third-order valence-corrected chi connectivity index (χ3v) is 5.93. The third kappa shape index (κ3) is 4.75. The van der Waals surface area contributed by atoms with Crippen LogP contribution < -0.4 is 15.0 Å². The molecule has 0 aliphatic heterocycles. The number of carbonyl (C=O) groups is 2. The maximum Gasteiger partial charge on any atom is 0.306 e. The molecule has 1 atom stereocenters. The van der Waals surface area contributed by atoms with Crippen LogP contribution in [0.15, 0.2) is 47.5 Å². The van der Waals surface area contributed by atoms with Crippen molar-refractivity contribution in [1.29, 1.82) is 0 Å². The van der Waals surface area contributed by atoms with E-state index in [1.807, 2.05) is 31.2 Å². The highest BCUT2D eigenvalue weighted by Crippen LogP contribution is 2.30. The van der Waals surface area contributed by atoms with Gasteiger partial charge in [0.15, 0.2) is 17.6 Å². The molecule has 0 saturated carbocycles. The summed E-state index contributed by atoms with van der Waals surface area (Å²) in [6, 6.07) is 10.7. The summed E-state index contributed by atoms with van der Waals surface area (Å²) in [7, 11) is 3.01. The molecule has 4 aromatic rings. The van der Waals surface area contributed by atoms with E-state index in [1.54, 1.807) is 19.1 Å². The zero-order chi connectivity index (χ0) is 25.1. The SMILES string of the molecule is COc1cc2ncn(CCCC(=O)OC(C)C(=O)c3c(C)[nH]c4ccccc34)c(=O)c2cc1OC. The lowest BCUT2D eigenvalue weighted by molar-refractivity contribution is -0.146. The molecule has 9 heteroatoms. The lowest BCUT2D eigenvalue weighted by atomic mass is 10.0. The van der Waals surface area contributed by atoms with Crippen molar-refractivity contribution < 1.29 is 23.8 Å². The molecule has 35 heavy (non-hydrogen) atoms. The Morgan fingerprint density at radius 1 is 1.09 bits per heavy atom. The highest BCUT2D eigenvalue weighted by atomic mass is 16.5. The van der Waals surface area contributed by atoms with Crippen LogP contribution in [0.5, 0.6) is 11.5 Å². The van der Waals surface area contributed by atoms with Crippen molar-refractivity contribution in [3.8, 4) is 11.5 Å². The average Bonchev–Trinajstić information content (AvgIpc) is 3.19. The van der Waals surface area contributed by atoms with Crippen molar-refractivity contribution in [3.63, 3.8) is 0 Å². The fraction of sp³-hybridized carbons (Fsp3) is 0.308. The Balaban J connectivity index is 1.39. The number of hydrogen-bond donors (Lipinski definition) is 1. The molecule has 182 valence electrons. The van der Waals surface area contributed by atoms with E-state index >= 15 is 0 Å². The Hall–Kier alpha value is -4.14. The maximum absolute atomic E-state index is 13.0. The van der Waals surface area contributed by atoms with Gasteiger partial charge in [0.1, 0.15) is 0 Å². The number of para-hydroxylation sites is 1. The molecule has 2 heterocycles. The summed E-state index contributed by atoms with van der Waals surface area (Å²) < 4.78 is 17.4. The van der Waals surface area contributed by atoms with Crippen LogP contribution in [0.3, 0.4) is 0 Å². The van der Waals surface area contributed by atoms with Gasteiger partial charge < -0.3 is 19.2 Å². The number of methoxy groups -OCH3 is 2. The number of aromatic nitrogens is 3. The number of ether oxygens (including phenoxy) is 3. The van der Waals surface area contributed by atoms with Gasteiger partial charge in [-0.1, -0.05) is 18.2 Å². The van der Waals surface area contributed by atoms with Crippen LogP contribution in [0.1, 0.15) is 35.8 Å². The van der Waals surface area contributed by atoms with Gasteiger partial charge in [0.2, 0.25) is 5.78 Å². The number of H-pyrrole nitrogens is 1. The van der Waals surface area contributed by atoms with Gasteiger partial charge in [0.25, 0.3) is 5.56 Å². The first-order chi connectivity index (χ1) is 16.8. The molecule has 0 radical (unpaired) electrons. The molecule has 0 spiro atoms. The minimum Gasteiger partial charge on any atom is -0.493 e. The van der Waals surface area contributed by atoms with Crippen molar-refractivity contribution in [2.75, 3.05) is 14.2 Å². The molecule has 2 aromatic carbocycles. The van der Waals surface area contributed by atoms with Crippen LogP contribution in [-0.4, -0.2) is 46.6 Å². The smallest absolute Gasteiger partial charge is 0.306 e. The molecule has 1 N–H and O–H groups in total. The number of hydrogen-bond acceptors (Lipinski definition) is 7. The lowest BCUT2D eigenvalue weighted by Gasteiger charge is -2.13.